The first-order chi connectivity index (χ1) is 13.1. The molecule has 5 nitrogen and oxygen atoms in total. The third-order valence-corrected chi connectivity index (χ3v) is 5.81. The number of fused-ring (bicyclic) bond motifs is 2. The zero-order valence-corrected chi connectivity index (χ0v) is 17.0. The third kappa shape index (κ3) is 3.56. The third-order valence-electron chi connectivity index (χ3n) is 5.28. The fourth-order valence-electron chi connectivity index (χ4n) is 3.90. The van der Waals surface area contributed by atoms with E-state index in [1.165, 1.54) is 5.56 Å². The van der Waals surface area contributed by atoms with E-state index in [0.29, 0.717) is 24.3 Å². The quantitative estimate of drug-likeness (QED) is 0.717. The van der Waals surface area contributed by atoms with Gasteiger partial charge in [-0.05, 0) is 42.8 Å². The predicted molar refractivity (Wildman–Crippen MR) is 106 cm³/mol. The van der Waals surface area contributed by atoms with Gasteiger partial charge in [0.1, 0.15) is 5.78 Å². The second-order valence-corrected chi connectivity index (χ2v) is 7.92. The molecule has 0 N–H and O–H groups in total. The van der Waals surface area contributed by atoms with Gasteiger partial charge in [0.05, 0.1) is 7.11 Å². The first-order valence-corrected chi connectivity index (χ1v) is 9.82. The molecular weight excluding hydrogens is 410 g/mol. The van der Waals surface area contributed by atoms with Crippen LogP contribution in [0.4, 0.5) is 0 Å². The molecule has 0 saturated heterocycles. The smallest absolute Gasteiger partial charge is 0.231 e. The number of Topliss-reactive ketones (excluding diaryl/α,β-unsaturated/α-hetero) is 1. The van der Waals surface area contributed by atoms with Crippen molar-refractivity contribution in [3.63, 3.8) is 0 Å². The standard InChI is InChI=1S/C21H22BrNO4/c1-23-8-7-14-10-18-20(27-12-26-18)21(25-2)19(14)17(23)11-16(24)9-13-3-5-15(22)6-4-13/h3-6,10,17H,7-9,11-12H2,1-2H3. The number of likely N-dealkylation sites (N-methyl/N-ethyl adjacent to an activating group) is 1. The Morgan fingerprint density at radius 1 is 1.30 bits per heavy atom. The number of halogens is 1. The van der Waals surface area contributed by atoms with Crippen LogP contribution < -0.4 is 14.2 Å². The van der Waals surface area contributed by atoms with Crippen molar-refractivity contribution in [2.75, 3.05) is 27.5 Å². The Bertz CT molecular complexity index is 865. The summed E-state index contributed by atoms with van der Waals surface area (Å²) in [5, 5.41) is 0. The second kappa shape index (κ2) is 7.52. The topological polar surface area (TPSA) is 48.0 Å². The van der Waals surface area contributed by atoms with E-state index in [4.69, 9.17) is 14.2 Å². The van der Waals surface area contributed by atoms with Crippen molar-refractivity contribution in [3.05, 3.63) is 51.5 Å². The Kier molecular flexibility index (Phi) is 5.10. The van der Waals surface area contributed by atoms with Gasteiger partial charge in [0, 0.05) is 35.5 Å². The van der Waals surface area contributed by atoms with Crippen LogP contribution in [0.1, 0.15) is 29.2 Å². The van der Waals surface area contributed by atoms with Crippen molar-refractivity contribution >= 4 is 21.7 Å². The highest BCUT2D eigenvalue weighted by Gasteiger charge is 2.34. The van der Waals surface area contributed by atoms with Gasteiger partial charge in [-0.3, -0.25) is 9.69 Å². The number of benzene rings is 2. The number of ketones is 1. The van der Waals surface area contributed by atoms with Gasteiger partial charge < -0.3 is 14.2 Å². The van der Waals surface area contributed by atoms with Crippen LogP contribution in [0.5, 0.6) is 17.2 Å². The van der Waals surface area contributed by atoms with E-state index in [2.05, 4.69) is 27.9 Å². The summed E-state index contributed by atoms with van der Waals surface area (Å²) >= 11 is 3.43. The maximum atomic E-state index is 12.8. The average Bonchev–Trinajstić information content (AvgIpc) is 3.12. The fourth-order valence-corrected chi connectivity index (χ4v) is 4.17. The molecule has 2 aromatic carbocycles. The number of methoxy groups -OCH3 is 1. The minimum absolute atomic E-state index is 0.0267. The molecule has 0 radical (unpaired) electrons. The van der Waals surface area contributed by atoms with Crippen LogP contribution in [-0.2, 0) is 17.6 Å². The highest BCUT2D eigenvalue weighted by molar-refractivity contribution is 9.10. The fraction of sp³-hybridized carbons (Fsp3) is 0.381. The Morgan fingerprint density at radius 2 is 2.07 bits per heavy atom. The van der Waals surface area contributed by atoms with Crippen molar-refractivity contribution < 1.29 is 19.0 Å². The molecular formula is C21H22BrNO4. The Hall–Kier alpha value is -2.05. The molecule has 2 heterocycles. The lowest BCUT2D eigenvalue weighted by Crippen LogP contribution is -2.34. The summed E-state index contributed by atoms with van der Waals surface area (Å²) in [5.74, 6) is 2.29. The van der Waals surface area contributed by atoms with E-state index in [-0.39, 0.29) is 18.6 Å². The molecule has 2 aromatic rings. The number of nitrogens with zero attached hydrogens (tertiary/aromatic N) is 1. The molecule has 0 fully saturated rings. The van der Waals surface area contributed by atoms with Crippen molar-refractivity contribution in [2.45, 2.75) is 25.3 Å². The van der Waals surface area contributed by atoms with Crippen LogP contribution in [0, 0.1) is 0 Å². The lowest BCUT2D eigenvalue weighted by molar-refractivity contribution is -0.119. The van der Waals surface area contributed by atoms with Crippen molar-refractivity contribution in [1.29, 1.82) is 0 Å². The normalized spacial score (nSPS) is 18.3. The second-order valence-electron chi connectivity index (χ2n) is 7.01. The molecule has 27 heavy (non-hydrogen) atoms. The van der Waals surface area contributed by atoms with Crippen LogP contribution in [-0.4, -0.2) is 38.2 Å². The minimum atomic E-state index is -0.0267. The van der Waals surface area contributed by atoms with Gasteiger partial charge in [-0.25, -0.2) is 0 Å². The summed E-state index contributed by atoms with van der Waals surface area (Å²) < 4.78 is 17.9. The largest absolute Gasteiger partial charge is 0.492 e. The molecule has 2 aliphatic heterocycles. The molecule has 0 aromatic heterocycles. The van der Waals surface area contributed by atoms with Crippen molar-refractivity contribution in [1.82, 2.24) is 4.90 Å². The highest BCUT2D eigenvalue weighted by Crippen LogP contribution is 2.50. The van der Waals surface area contributed by atoms with Gasteiger partial charge in [0.2, 0.25) is 12.5 Å². The summed E-state index contributed by atoms with van der Waals surface area (Å²) in [6.45, 7) is 1.10. The van der Waals surface area contributed by atoms with Gasteiger partial charge in [-0.15, -0.1) is 0 Å². The van der Waals surface area contributed by atoms with Gasteiger partial charge in [-0.2, -0.15) is 0 Å². The number of rotatable bonds is 5. The maximum absolute atomic E-state index is 12.8. The first kappa shape index (κ1) is 18.3. The van der Waals surface area contributed by atoms with Gasteiger partial charge in [0.25, 0.3) is 0 Å². The predicted octanol–water partition coefficient (Wildman–Crippen LogP) is 3.92. The molecule has 1 unspecified atom stereocenters. The van der Waals surface area contributed by atoms with Crippen LogP contribution in [0.2, 0.25) is 0 Å². The van der Waals surface area contributed by atoms with E-state index in [9.17, 15) is 4.79 Å². The summed E-state index contributed by atoms with van der Waals surface area (Å²) in [5.41, 5.74) is 3.26. The molecule has 2 aliphatic rings. The SMILES string of the molecule is COc1c2c(cc3c1C(CC(=O)Cc1ccc(Br)cc1)N(C)CC3)OCO2. The average molecular weight is 432 g/mol. The zero-order valence-electron chi connectivity index (χ0n) is 15.5. The Morgan fingerprint density at radius 3 is 2.81 bits per heavy atom. The summed E-state index contributed by atoms with van der Waals surface area (Å²) in [7, 11) is 3.71. The molecule has 0 saturated carbocycles. The van der Waals surface area contributed by atoms with Crippen LogP contribution in [0.25, 0.3) is 0 Å². The lowest BCUT2D eigenvalue weighted by Gasteiger charge is -2.35. The number of carbonyl (C=O) groups is 1. The highest BCUT2D eigenvalue weighted by atomic mass is 79.9. The molecule has 0 bridgehead atoms. The molecule has 0 amide bonds. The van der Waals surface area contributed by atoms with Gasteiger partial charge in [-0.1, -0.05) is 28.1 Å². The van der Waals surface area contributed by atoms with E-state index < -0.39 is 0 Å². The molecule has 4 rings (SSSR count). The Labute approximate surface area is 167 Å². The Balaban J connectivity index is 1.62. The molecule has 0 spiro atoms. The van der Waals surface area contributed by atoms with Crippen LogP contribution in [0.3, 0.4) is 0 Å². The lowest BCUT2D eigenvalue weighted by atomic mass is 9.87. The number of hydrogen-bond acceptors (Lipinski definition) is 5. The number of carbonyl (C=O) groups excluding carboxylic acids is 1. The maximum Gasteiger partial charge on any atom is 0.231 e. The number of ether oxygens (including phenoxy) is 3. The van der Waals surface area contributed by atoms with Crippen LogP contribution >= 0.6 is 15.9 Å². The monoisotopic (exact) mass is 431 g/mol. The number of hydrogen-bond donors (Lipinski definition) is 0. The summed E-state index contributed by atoms with van der Waals surface area (Å²) in [6, 6.07) is 9.92. The summed E-state index contributed by atoms with van der Waals surface area (Å²) in [6.07, 6.45) is 1.77. The molecule has 6 heteroatoms. The van der Waals surface area contributed by atoms with E-state index >= 15 is 0 Å². The zero-order chi connectivity index (χ0) is 19.0. The van der Waals surface area contributed by atoms with E-state index in [0.717, 1.165) is 34.3 Å². The van der Waals surface area contributed by atoms with Crippen molar-refractivity contribution in [2.24, 2.45) is 0 Å². The van der Waals surface area contributed by atoms with E-state index in [1.807, 2.05) is 30.3 Å². The molecule has 0 aliphatic carbocycles. The van der Waals surface area contributed by atoms with Gasteiger partial charge in [0.15, 0.2) is 11.5 Å². The minimum Gasteiger partial charge on any atom is -0.492 e. The van der Waals surface area contributed by atoms with E-state index in [1.54, 1.807) is 7.11 Å². The van der Waals surface area contributed by atoms with Gasteiger partial charge >= 0.3 is 0 Å². The summed E-state index contributed by atoms with van der Waals surface area (Å²) in [4.78, 5) is 15.0. The van der Waals surface area contributed by atoms with Crippen LogP contribution in [0.15, 0.2) is 34.8 Å². The molecule has 142 valence electrons. The van der Waals surface area contributed by atoms with Crippen molar-refractivity contribution in [3.8, 4) is 17.2 Å². The first-order valence-electron chi connectivity index (χ1n) is 9.02. The molecule has 1 atom stereocenters.